The van der Waals surface area contributed by atoms with E-state index in [0.717, 1.165) is 23.1 Å². The van der Waals surface area contributed by atoms with Crippen molar-refractivity contribution >= 4 is 11.9 Å². The highest BCUT2D eigenvalue weighted by Gasteiger charge is 2.48. The highest BCUT2D eigenvalue weighted by molar-refractivity contribution is 5.79. The maximum atomic E-state index is 13.0. The Labute approximate surface area is 219 Å². The minimum atomic E-state index is -1.15. The van der Waals surface area contributed by atoms with Gasteiger partial charge in [-0.1, -0.05) is 25.1 Å². The average Bonchev–Trinajstić information content (AvgIpc) is 3.51. The molecule has 3 atom stereocenters. The number of aliphatic carboxylic acids is 2. The molecule has 0 amide bonds. The first kappa shape index (κ1) is 25.3. The second-order valence-corrected chi connectivity index (χ2v) is 9.16. The van der Waals surface area contributed by atoms with Crippen LogP contribution in [0.2, 0.25) is 0 Å². The molecule has 3 unspecified atom stereocenters. The monoisotopic (exact) mass is 520 g/mol. The van der Waals surface area contributed by atoms with Crippen molar-refractivity contribution in [3.63, 3.8) is 0 Å². The second kappa shape index (κ2) is 10.5. The quantitative estimate of drug-likeness (QED) is 0.393. The molecule has 1 aliphatic heterocycles. The third-order valence-electron chi connectivity index (χ3n) is 6.87. The van der Waals surface area contributed by atoms with Crippen molar-refractivity contribution in [1.29, 1.82) is 0 Å². The summed E-state index contributed by atoms with van der Waals surface area (Å²) in [4.78, 5) is 24.3. The molecule has 0 saturated heterocycles. The summed E-state index contributed by atoms with van der Waals surface area (Å²) in [6.45, 7) is 1.97. The summed E-state index contributed by atoms with van der Waals surface area (Å²) in [5, 5.41) is 19.9. The summed E-state index contributed by atoms with van der Waals surface area (Å²) in [5.74, 6) is -1.83. The van der Waals surface area contributed by atoms with Crippen molar-refractivity contribution in [2.24, 2.45) is 5.92 Å². The van der Waals surface area contributed by atoms with Crippen molar-refractivity contribution in [3.8, 4) is 28.7 Å². The van der Waals surface area contributed by atoms with E-state index in [-0.39, 0.29) is 12.5 Å². The summed E-state index contributed by atoms with van der Waals surface area (Å²) in [7, 11) is 1.57. The van der Waals surface area contributed by atoms with Crippen LogP contribution in [0.15, 0.2) is 54.6 Å². The Morgan fingerprint density at radius 2 is 1.58 bits per heavy atom. The maximum absolute atomic E-state index is 13.0. The minimum Gasteiger partial charge on any atom is -0.497 e. The fourth-order valence-electron chi connectivity index (χ4n) is 5.29. The number of hydrogen-bond acceptors (Lipinski definition) is 7. The maximum Gasteiger partial charge on any atom is 0.341 e. The van der Waals surface area contributed by atoms with Gasteiger partial charge in [0.1, 0.15) is 17.2 Å². The summed E-state index contributed by atoms with van der Waals surface area (Å²) in [5.41, 5.74) is 2.94. The SMILES string of the molecule is CCCOc1ccc2c(c1)C(c1ccc(OC)cc1)C(C(=O)O)C2c1cc2c(cc1OCC(=O)O)OCO2. The molecule has 2 aliphatic rings. The van der Waals surface area contributed by atoms with Gasteiger partial charge in [0.05, 0.1) is 19.6 Å². The van der Waals surface area contributed by atoms with Crippen molar-refractivity contribution in [2.45, 2.75) is 25.2 Å². The van der Waals surface area contributed by atoms with E-state index in [9.17, 15) is 19.8 Å². The molecule has 0 spiro atoms. The van der Waals surface area contributed by atoms with Crippen LogP contribution in [0.5, 0.6) is 28.7 Å². The number of ether oxygens (including phenoxy) is 5. The fraction of sp³-hybridized carbons (Fsp3) is 0.310. The average molecular weight is 521 g/mol. The molecular weight excluding hydrogens is 492 g/mol. The summed E-state index contributed by atoms with van der Waals surface area (Å²) >= 11 is 0. The first-order valence-electron chi connectivity index (χ1n) is 12.3. The van der Waals surface area contributed by atoms with Gasteiger partial charge in [0.25, 0.3) is 0 Å². The van der Waals surface area contributed by atoms with Crippen LogP contribution in [0, 0.1) is 5.92 Å². The summed E-state index contributed by atoms with van der Waals surface area (Å²) in [6, 6.07) is 16.2. The van der Waals surface area contributed by atoms with E-state index in [1.165, 1.54) is 0 Å². The number of benzene rings is 3. The molecule has 0 radical (unpaired) electrons. The molecule has 1 heterocycles. The van der Waals surface area contributed by atoms with Crippen LogP contribution in [0.3, 0.4) is 0 Å². The predicted molar refractivity (Wildman–Crippen MR) is 136 cm³/mol. The van der Waals surface area contributed by atoms with Gasteiger partial charge >= 0.3 is 11.9 Å². The van der Waals surface area contributed by atoms with Crippen molar-refractivity contribution < 1.29 is 43.5 Å². The van der Waals surface area contributed by atoms with Crippen LogP contribution in [-0.4, -0.2) is 49.3 Å². The highest BCUT2D eigenvalue weighted by Crippen LogP contribution is 2.56. The Morgan fingerprint density at radius 1 is 0.868 bits per heavy atom. The van der Waals surface area contributed by atoms with Gasteiger partial charge in [-0.15, -0.1) is 0 Å². The molecule has 9 heteroatoms. The van der Waals surface area contributed by atoms with E-state index in [4.69, 9.17) is 23.7 Å². The number of rotatable bonds is 10. The van der Waals surface area contributed by atoms with E-state index in [1.807, 2.05) is 37.3 Å². The van der Waals surface area contributed by atoms with Gasteiger partial charge in [0.2, 0.25) is 6.79 Å². The minimum absolute atomic E-state index is 0.00731. The number of carboxylic acid groups (broad SMARTS) is 2. The third-order valence-corrected chi connectivity index (χ3v) is 6.87. The number of carboxylic acids is 2. The largest absolute Gasteiger partial charge is 0.497 e. The lowest BCUT2D eigenvalue weighted by molar-refractivity contribution is -0.142. The van der Waals surface area contributed by atoms with Crippen LogP contribution in [0.1, 0.15) is 47.4 Å². The van der Waals surface area contributed by atoms with Crippen LogP contribution < -0.4 is 23.7 Å². The standard InChI is InChI=1S/C29H28O9/c1-3-10-35-18-8-9-19-20(11-18)26(16-4-6-17(34-2)7-5-16)28(29(32)33)27(19)21-12-23-24(38-15-37-23)13-22(21)36-14-25(30)31/h4-9,11-13,26-28H,3,10,14-15H2,1-2H3,(H,30,31)(H,32,33). The van der Waals surface area contributed by atoms with E-state index < -0.39 is 36.3 Å². The molecule has 0 aromatic heterocycles. The topological polar surface area (TPSA) is 121 Å². The van der Waals surface area contributed by atoms with Crippen molar-refractivity contribution in [2.75, 3.05) is 27.1 Å². The first-order valence-corrected chi connectivity index (χ1v) is 12.3. The molecule has 198 valence electrons. The van der Waals surface area contributed by atoms with E-state index >= 15 is 0 Å². The molecule has 2 N–H and O–H groups in total. The van der Waals surface area contributed by atoms with Crippen LogP contribution in [0.25, 0.3) is 0 Å². The Bertz CT molecular complexity index is 1350. The van der Waals surface area contributed by atoms with Gasteiger partial charge < -0.3 is 33.9 Å². The lowest BCUT2D eigenvalue weighted by Gasteiger charge is -2.24. The Hall–Kier alpha value is -4.40. The number of hydrogen-bond donors (Lipinski definition) is 2. The van der Waals surface area contributed by atoms with Crippen molar-refractivity contribution in [3.05, 3.63) is 76.9 Å². The second-order valence-electron chi connectivity index (χ2n) is 9.16. The van der Waals surface area contributed by atoms with Gasteiger partial charge in [-0.3, -0.25) is 4.79 Å². The first-order chi connectivity index (χ1) is 18.4. The van der Waals surface area contributed by atoms with Crippen molar-refractivity contribution in [1.82, 2.24) is 0 Å². The normalized spacial score (nSPS) is 19.1. The van der Waals surface area contributed by atoms with Gasteiger partial charge in [-0.05, 0) is 53.4 Å². The lowest BCUT2D eigenvalue weighted by atomic mass is 9.79. The van der Waals surface area contributed by atoms with Gasteiger partial charge in [-0.2, -0.15) is 0 Å². The molecule has 0 saturated carbocycles. The Kier molecular flexibility index (Phi) is 7.00. The molecule has 9 nitrogen and oxygen atoms in total. The zero-order valence-corrected chi connectivity index (χ0v) is 21.0. The number of methoxy groups -OCH3 is 1. The predicted octanol–water partition coefficient (Wildman–Crippen LogP) is 4.65. The Balaban J connectivity index is 1.69. The molecule has 5 rings (SSSR count). The van der Waals surface area contributed by atoms with E-state index in [2.05, 4.69) is 0 Å². The molecular formula is C29H28O9. The van der Waals surface area contributed by atoms with Gasteiger partial charge in [-0.25, -0.2) is 4.79 Å². The third kappa shape index (κ3) is 4.67. The van der Waals surface area contributed by atoms with Crippen LogP contribution in [-0.2, 0) is 9.59 Å². The molecule has 3 aromatic carbocycles. The molecule has 3 aromatic rings. The van der Waals surface area contributed by atoms with Gasteiger partial charge in [0.15, 0.2) is 18.1 Å². The number of fused-ring (bicyclic) bond motifs is 2. The van der Waals surface area contributed by atoms with Gasteiger partial charge in [0, 0.05) is 23.5 Å². The molecule has 0 bridgehead atoms. The lowest BCUT2D eigenvalue weighted by Crippen LogP contribution is -2.24. The smallest absolute Gasteiger partial charge is 0.341 e. The zero-order chi connectivity index (χ0) is 26.8. The summed E-state index contributed by atoms with van der Waals surface area (Å²) < 4.78 is 27.9. The fourth-order valence-corrected chi connectivity index (χ4v) is 5.29. The molecule has 0 fully saturated rings. The van der Waals surface area contributed by atoms with Crippen LogP contribution >= 0.6 is 0 Å². The summed E-state index contributed by atoms with van der Waals surface area (Å²) in [6.07, 6.45) is 0.834. The highest BCUT2D eigenvalue weighted by atomic mass is 16.7. The van der Waals surface area contributed by atoms with Crippen LogP contribution in [0.4, 0.5) is 0 Å². The van der Waals surface area contributed by atoms with E-state index in [1.54, 1.807) is 31.4 Å². The molecule has 38 heavy (non-hydrogen) atoms. The zero-order valence-electron chi connectivity index (χ0n) is 21.0. The molecule has 1 aliphatic carbocycles. The number of carbonyl (C=O) groups is 2. The van der Waals surface area contributed by atoms with E-state index in [0.29, 0.717) is 35.2 Å². The Morgan fingerprint density at radius 3 is 2.24 bits per heavy atom.